The molecule has 26 heavy (non-hydrogen) atoms. The van der Waals surface area contributed by atoms with Crippen molar-refractivity contribution >= 4 is 38.2 Å². The first-order valence-corrected chi connectivity index (χ1v) is 9.59. The molecule has 1 spiro atoms. The lowest BCUT2D eigenvalue weighted by molar-refractivity contribution is -0.181. The number of hydrogen-bond donors (Lipinski definition) is 1. The summed E-state index contributed by atoms with van der Waals surface area (Å²) < 4.78 is 12.3. The Bertz CT molecular complexity index is 1050. The molecular weight excluding hydrogens is 352 g/mol. The summed E-state index contributed by atoms with van der Waals surface area (Å²) in [5, 5.41) is 1.55. The van der Waals surface area contributed by atoms with Gasteiger partial charge in [-0.2, -0.15) is 0 Å². The van der Waals surface area contributed by atoms with Crippen molar-refractivity contribution in [2.24, 2.45) is 0 Å². The third-order valence-corrected chi connectivity index (χ3v) is 6.39. The van der Waals surface area contributed by atoms with Gasteiger partial charge < -0.3 is 19.4 Å². The number of aromatic amines is 1. The number of amides is 1. The van der Waals surface area contributed by atoms with E-state index in [4.69, 9.17) is 9.47 Å². The maximum atomic E-state index is 13.0. The molecular formula is C19H18N2O4S. The van der Waals surface area contributed by atoms with Crippen LogP contribution in [-0.2, 0) is 9.47 Å². The van der Waals surface area contributed by atoms with Crippen LogP contribution in [0, 0.1) is 0 Å². The lowest BCUT2D eigenvalue weighted by atomic mass is 10.0. The number of rotatable bonds is 1. The van der Waals surface area contributed by atoms with Crippen LogP contribution in [0.15, 0.2) is 35.1 Å². The number of hydrogen-bond acceptors (Lipinski definition) is 5. The number of piperidine rings is 1. The second kappa shape index (κ2) is 5.90. The minimum atomic E-state index is -0.496. The molecule has 0 saturated carbocycles. The fraction of sp³-hybridized carbons (Fsp3) is 0.368. The van der Waals surface area contributed by atoms with E-state index in [0.717, 1.165) is 15.6 Å². The van der Waals surface area contributed by atoms with Gasteiger partial charge in [-0.05, 0) is 12.1 Å². The van der Waals surface area contributed by atoms with Gasteiger partial charge in [0.1, 0.15) is 0 Å². The zero-order chi connectivity index (χ0) is 17.7. The number of thiophene rings is 1. The molecule has 0 aliphatic carbocycles. The monoisotopic (exact) mass is 370 g/mol. The van der Waals surface area contributed by atoms with Crippen LogP contribution in [0.4, 0.5) is 0 Å². The molecule has 1 N–H and O–H groups in total. The molecule has 5 rings (SSSR count). The molecule has 2 saturated heterocycles. The molecule has 2 aromatic heterocycles. The van der Waals surface area contributed by atoms with Crippen LogP contribution >= 0.6 is 11.3 Å². The van der Waals surface area contributed by atoms with Crippen molar-refractivity contribution in [1.29, 1.82) is 0 Å². The van der Waals surface area contributed by atoms with E-state index in [0.29, 0.717) is 49.4 Å². The average molecular weight is 370 g/mol. The van der Waals surface area contributed by atoms with Crippen LogP contribution in [0.3, 0.4) is 0 Å². The van der Waals surface area contributed by atoms with Gasteiger partial charge in [-0.15, -0.1) is 11.3 Å². The van der Waals surface area contributed by atoms with E-state index >= 15 is 0 Å². The van der Waals surface area contributed by atoms with Crippen molar-refractivity contribution in [3.63, 3.8) is 0 Å². The van der Waals surface area contributed by atoms with Gasteiger partial charge in [0.25, 0.3) is 11.5 Å². The van der Waals surface area contributed by atoms with Crippen molar-refractivity contribution < 1.29 is 14.3 Å². The van der Waals surface area contributed by atoms with Gasteiger partial charge in [-0.25, -0.2) is 0 Å². The zero-order valence-electron chi connectivity index (χ0n) is 14.1. The van der Waals surface area contributed by atoms with Crippen LogP contribution in [0.1, 0.15) is 22.5 Å². The fourth-order valence-electron chi connectivity index (χ4n) is 3.84. The van der Waals surface area contributed by atoms with Crippen molar-refractivity contribution in [3.05, 3.63) is 45.6 Å². The highest BCUT2D eigenvalue weighted by Gasteiger charge is 2.41. The Balaban J connectivity index is 1.47. The van der Waals surface area contributed by atoms with E-state index in [2.05, 4.69) is 4.98 Å². The number of para-hydroxylation sites is 1. The van der Waals surface area contributed by atoms with E-state index in [9.17, 15) is 9.59 Å². The number of likely N-dealkylation sites (tertiary alicyclic amines) is 1. The molecule has 2 aliphatic rings. The Labute approximate surface area is 153 Å². The normalized spacial score (nSPS) is 19.6. The number of pyridine rings is 1. The summed E-state index contributed by atoms with van der Waals surface area (Å²) in [5.74, 6) is -0.521. The number of carbonyl (C=O) groups excluding carboxylic acids is 1. The first-order chi connectivity index (χ1) is 12.7. The predicted octanol–water partition coefficient (Wildman–Crippen LogP) is 2.72. The van der Waals surface area contributed by atoms with Crippen LogP contribution < -0.4 is 5.56 Å². The SMILES string of the molecule is O=C(c1cc2c(=O)[nH]c3ccccc3c2s1)N1CCC2(CC1)OCCO2. The molecule has 1 amide bonds. The molecule has 0 radical (unpaired) electrons. The van der Waals surface area contributed by atoms with Gasteiger partial charge in [-0.1, -0.05) is 18.2 Å². The van der Waals surface area contributed by atoms with Gasteiger partial charge in [-0.3, -0.25) is 9.59 Å². The number of fused-ring (bicyclic) bond motifs is 3. The Morgan fingerprint density at radius 3 is 2.62 bits per heavy atom. The molecule has 2 fully saturated rings. The summed E-state index contributed by atoms with van der Waals surface area (Å²) in [6, 6.07) is 9.40. The molecule has 3 aromatic rings. The van der Waals surface area contributed by atoms with Gasteiger partial charge in [0.2, 0.25) is 0 Å². The van der Waals surface area contributed by atoms with Crippen molar-refractivity contribution in [1.82, 2.24) is 9.88 Å². The van der Waals surface area contributed by atoms with Gasteiger partial charge in [0.05, 0.1) is 23.5 Å². The third kappa shape index (κ3) is 2.46. The molecule has 0 unspecified atom stereocenters. The van der Waals surface area contributed by atoms with E-state index < -0.39 is 5.79 Å². The number of nitrogens with zero attached hydrogens (tertiary/aromatic N) is 1. The number of aromatic nitrogens is 1. The van der Waals surface area contributed by atoms with E-state index in [-0.39, 0.29) is 11.5 Å². The standard InChI is InChI=1S/C19H18N2O4S/c22-17-13-11-15(26-16(13)12-3-1-2-4-14(12)20-17)18(23)21-7-5-19(6-8-21)24-9-10-25-19/h1-4,11H,5-10H2,(H,20,22). The Morgan fingerprint density at radius 2 is 1.85 bits per heavy atom. The summed E-state index contributed by atoms with van der Waals surface area (Å²) in [7, 11) is 0. The number of nitrogens with one attached hydrogen (secondary N) is 1. The highest BCUT2D eigenvalue weighted by atomic mass is 32.1. The fourth-order valence-corrected chi connectivity index (χ4v) is 5.00. The van der Waals surface area contributed by atoms with Crippen LogP contribution in [-0.4, -0.2) is 47.9 Å². The average Bonchev–Trinajstić information content (AvgIpc) is 3.30. The smallest absolute Gasteiger partial charge is 0.263 e. The number of carbonyl (C=O) groups is 1. The van der Waals surface area contributed by atoms with Gasteiger partial charge >= 0.3 is 0 Å². The second-order valence-electron chi connectivity index (χ2n) is 6.75. The second-order valence-corrected chi connectivity index (χ2v) is 7.81. The summed E-state index contributed by atoms with van der Waals surface area (Å²) in [5.41, 5.74) is 0.639. The number of H-pyrrole nitrogens is 1. The summed E-state index contributed by atoms with van der Waals surface area (Å²) >= 11 is 1.39. The molecule has 0 atom stereocenters. The Morgan fingerprint density at radius 1 is 1.12 bits per heavy atom. The highest BCUT2D eigenvalue weighted by molar-refractivity contribution is 7.21. The molecule has 1 aromatic carbocycles. The van der Waals surface area contributed by atoms with E-state index in [1.165, 1.54) is 11.3 Å². The summed E-state index contributed by atoms with van der Waals surface area (Å²) in [6.45, 7) is 2.45. The topological polar surface area (TPSA) is 71.6 Å². The number of ether oxygens (including phenoxy) is 2. The molecule has 7 heteroatoms. The first-order valence-electron chi connectivity index (χ1n) is 8.77. The summed E-state index contributed by atoms with van der Waals surface area (Å²) in [4.78, 5) is 30.7. The maximum Gasteiger partial charge on any atom is 0.263 e. The van der Waals surface area contributed by atoms with E-state index in [1.807, 2.05) is 29.2 Å². The molecule has 4 heterocycles. The minimum absolute atomic E-state index is 0.0254. The molecule has 0 bridgehead atoms. The zero-order valence-corrected chi connectivity index (χ0v) is 14.9. The minimum Gasteiger partial charge on any atom is -0.347 e. The van der Waals surface area contributed by atoms with Crippen LogP contribution in [0.5, 0.6) is 0 Å². The molecule has 134 valence electrons. The molecule has 2 aliphatic heterocycles. The quantitative estimate of drug-likeness (QED) is 0.715. The van der Waals surface area contributed by atoms with Crippen LogP contribution in [0.25, 0.3) is 21.0 Å². The molecule has 6 nitrogen and oxygen atoms in total. The lowest BCUT2D eigenvalue weighted by Gasteiger charge is -2.37. The highest BCUT2D eigenvalue weighted by Crippen LogP contribution is 2.34. The van der Waals surface area contributed by atoms with E-state index in [1.54, 1.807) is 6.07 Å². The predicted molar refractivity (Wildman–Crippen MR) is 99.7 cm³/mol. The van der Waals surface area contributed by atoms with Gasteiger partial charge in [0, 0.05) is 41.5 Å². The van der Waals surface area contributed by atoms with Crippen molar-refractivity contribution in [3.8, 4) is 0 Å². The summed E-state index contributed by atoms with van der Waals surface area (Å²) in [6.07, 6.45) is 1.38. The van der Waals surface area contributed by atoms with Gasteiger partial charge in [0.15, 0.2) is 5.79 Å². The maximum absolute atomic E-state index is 13.0. The van der Waals surface area contributed by atoms with Crippen molar-refractivity contribution in [2.75, 3.05) is 26.3 Å². The Hall–Kier alpha value is -2.22. The number of benzene rings is 1. The lowest BCUT2D eigenvalue weighted by Crippen LogP contribution is -2.47. The Kier molecular flexibility index (Phi) is 3.63. The third-order valence-electron chi connectivity index (χ3n) is 5.23. The largest absolute Gasteiger partial charge is 0.347 e. The van der Waals surface area contributed by atoms with Crippen molar-refractivity contribution in [2.45, 2.75) is 18.6 Å². The first kappa shape index (κ1) is 16.0. The van der Waals surface area contributed by atoms with Crippen LogP contribution in [0.2, 0.25) is 0 Å².